The van der Waals surface area contributed by atoms with Gasteiger partial charge in [-0.25, -0.2) is 0 Å². The summed E-state index contributed by atoms with van der Waals surface area (Å²) >= 11 is 12.3. The first-order chi connectivity index (χ1) is 16.0. The van der Waals surface area contributed by atoms with Crippen molar-refractivity contribution in [1.29, 1.82) is 0 Å². The SMILES string of the molecule is CCOc1cc(CNCCNc2ccc([N+](=O)[O-])cc2Cl)ccc1OCc1ccccc1Cl. The van der Waals surface area contributed by atoms with Gasteiger partial charge in [0.15, 0.2) is 11.5 Å². The smallest absolute Gasteiger partial charge is 0.271 e. The first-order valence-electron chi connectivity index (χ1n) is 10.5. The van der Waals surface area contributed by atoms with E-state index in [2.05, 4.69) is 10.6 Å². The van der Waals surface area contributed by atoms with E-state index in [0.717, 1.165) is 11.1 Å². The van der Waals surface area contributed by atoms with Crippen LogP contribution in [0.15, 0.2) is 60.7 Å². The Labute approximate surface area is 202 Å². The number of nitro benzene ring substituents is 1. The minimum absolute atomic E-state index is 0.0342. The van der Waals surface area contributed by atoms with E-state index in [1.54, 1.807) is 6.07 Å². The van der Waals surface area contributed by atoms with E-state index < -0.39 is 4.92 Å². The number of nitro groups is 1. The predicted molar refractivity (Wildman–Crippen MR) is 132 cm³/mol. The molecule has 0 spiro atoms. The van der Waals surface area contributed by atoms with Crippen LogP contribution in [0.25, 0.3) is 0 Å². The molecule has 0 atom stereocenters. The first kappa shape index (κ1) is 24.6. The van der Waals surface area contributed by atoms with Crippen LogP contribution in [0.2, 0.25) is 10.0 Å². The van der Waals surface area contributed by atoms with Crippen LogP contribution in [0.4, 0.5) is 11.4 Å². The number of hydrogen-bond acceptors (Lipinski definition) is 6. The molecule has 0 aliphatic carbocycles. The maximum Gasteiger partial charge on any atom is 0.271 e. The highest BCUT2D eigenvalue weighted by Crippen LogP contribution is 2.30. The summed E-state index contributed by atoms with van der Waals surface area (Å²) in [4.78, 5) is 10.3. The molecule has 7 nitrogen and oxygen atoms in total. The van der Waals surface area contributed by atoms with Gasteiger partial charge >= 0.3 is 0 Å². The average Bonchev–Trinajstić information content (AvgIpc) is 2.80. The van der Waals surface area contributed by atoms with Crippen molar-refractivity contribution in [2.24, 2.45) is 0 Å². The Morgan fingerprint density at radius 1 is 0.939 bits per heavy atom. The van der Waals surface area contributed by atoms with Crippen molar-refractivity contribution < 1.29 is 14.4 Å². The van der Waals surface area contributed by atoms with Crippen molar-refractivity contribution >= 4 is 34.6 Å². The minimum atomic E-state index is -0.471. The van der Waals surface area contributed by atoms with E-state index in [1.165, 1.54) is 12.1 Å². The molecular weight excluding hydrogens is 465 g/mol. The maximum atomic E-state index is 10.8. The molecule has 33 heavy (non-hydrogen) atoms. The second-order valence-electron chi connectivity index (χ2n) is 7.12. The molecular formula is C24H25Cl2N3O4. The highest BCUT2D eigenvalue weighted by Gasteiger charge is 2.10. The minimum Gasteiger partial charge on any atom is -0.490 e. The molecule has 174 valence electrons. The number of non-ortho nitro benzene ring substituents is 1. The van der Waals surface area contributed by atoms with E-state index in [9.17, 15) is 10.1 Å². The number of nitrogens with zero attached hydrogens (tertiary/aromatic N) is 1. The Kier molecular flexibility index (Phi) is 9.18. The van der Waals surface area contributed by atoms with Gasteiger partial charge in [0, 0.05) is 42.4 Å². The van der Waals surface area contributed by atoms with Crippen LogP contribution in [0, 0.1) is 10.1 Å². The fourth-order valence-corrected chi connectivity index (χ4v) is 3.53. The molecule has 0 saturated heterocycles. The van der Waals surface area contributed by atoms with Crippen molar-refractivity contribution in [2.75, 3.05) is 25.0 Å². The van der Waals surface area contributed by atoms with Crippen molar-refractivity contribution in [3.63, 3.8) is 0 Å². The third-order valence-electron chi connectivity index (χ3n) is 4.76. The molecule has 9 heteroatoms. The summed E-state index contributed by atoms with van der Waals surface area (Å²) < 4.78 is 11.7. The second-order valence-corrected chi connectivity index (χ2v) is 7.93. The topological polar surface area (TPSA) is 85.7 Å². The molecule has 0 unspecified atom stereocenters. The zero-order valence-corrected chi connectivity index (χ0v) is 19.7. The number of ether oxygens (including phenoxy) is 2. The lowest BCUT2D eigenvalue weighted by atomic mass is 10.2. The van der Waals surface area contributed by atoms with E-state index in [-0.39, 0.29) is 5.69 Å². The molecule has 0 heterocycles. The van der Waals surface area contributed by atoms with Gasteiger partial charge in [-0.05, 0) is 36.8 Å². The van der Waals surface area contributed by atoms with E-state index in [0.29, 0.717) is 60.1 Å². The summed E-state index contributed by atoms with van der Waals surface area (Å²) in [6, 6.07) is 17.8. The largest absolute Gasteiger partial charge is 0.490 e. The summed E-state index contributed by atoms with van der Waals surface area (Å²) in [5.41, 5.74) is 2.58. The van der Waals surface area contributed by atoms with Gasteiger partial charge in [-0.3, -0.25) is 10.1 Å². The molecule has 0 fully saturated rings. The maximum absolute atomic E-state index is 10.8. The number of halogens is 2. The van der Waals surface area contributed by atoms with Crippen molar-refractivity contribution in [3.05, 3.63) is 92.0 Å². The summed E-state index contributed by atoms with van der Waals surface area (Å²) in [5.74, 6) is 1.34. The Hall–Kier alpha value is -3.00. The van der Waals surface area contributed by atoms with Gasteiger partial charge in [0.2, 0.25) is 0 Å². The Bertz CT molecular complexity index is 1100. The lowest BCUT2D eigenvalue weighted by molar-refractivity contribution is -0.384. The highest BCUT2D eigenvalue weighted by molar-refractivity contribution is 6.33. The summed E-state index contributed by atoms with van der Waals surface area (Å²) in [6.45, 7) is 4.72. The third-order valence-corrected chi connectivity index (χ3v) is 5.44. The standard InChI is InChI=1S/C24H25Cl2N3O4/c1-2-32-24-13-17(7-10-23(24)33-16-18-5-3-4-6-20(18)25)15-27-11-12-28-22-9-8-19(29(30)31)14-21(22)26/h3-10,13-14,27-28H,2,11-12,15-16H2,1H3. The van der Waals surface area contributed by atoms with Crippen LogP contribution in [-0.2, 0) is 13.2 Å². The second kappa shape index (κ2) is 12.3. The van der Waals surface area contributed by atoms with Crippen LogP contribution < -0.4 is 20.1 Å². The average molecular weight is 490 g/mol. The Morgan fingerprint density at radius 3 is 2.48 bits per heavy atom. The Morgan fingerprint density at radius 2 is 1.76 bits per heavy atom. The lowest BCUT2D eigenvalue weighted by Crippen LogP contribution is -2.22. The molecule has 3 aromatic carbocycles. The van der Waals surface area contributed by atoms with Gasteiger partial charge in [-0.2, -0.15) is 0 Å². The molecule has 0 aromatic heterocycles. The van der Waals surface area contributed by atoms with Crippen molar-refractivity contribution in [3.8, 4) is 11.5 Å². The van der Waals surface area contributed by atoms with Crippen LogP contribution in [0.1, 0.15) is 18.1 Å². The van der Waals surface area contributed by atoms with E-state index in [1.807, 2.05) is 49.4 Å². The quantitative estimate of drug-likeness (QED) is 0.182. The lowest BCUT2D eigenvalue weighted by Gasteiger charge is -2.14. The first-order valence-corrected chi connectivity index (χ1v) is 11.2. The number of nitrogens with one attached hydrogen (secondary N) is 2. The van der Waals surface area contributed by atoms with Gasteiger partial charge in [-0.1, -0.05) is 47.5 Å². The summed E-state index contributed by atoms with van der Waals surface area (Å²) in [6.07, 6.45) is 0. The Balaban J connectivity index is 1.50. The van der Waals surface area contributed by atoms with Gasteiger partial charge in [-0.15, -0.1) is 0 Å². The predicted octanol–water partition coefficient (Wildman–Crippen LogP) is 6.08. The van der Waals surface area contributed by atoms with Gasteiger partial charge < -0.3 is 20.1 Å². The number of anilines is 1. The molecule has 2 N–H and O–H groups in total. The fraction of sp³-hybridized carbons (Fsp3) is 0.250. The van der Waals surface area contributed by atoms with Gasteiger partial charge in [0.05, 0.1) is 22.2 Å². The van der Waals surface area contributed by atoms with E-state index >= 15 is 0 Å². The van der Waals surface area contributed by atoms with Gasteiger partial charge in [0.25, 0.3) is 5.69 Å². The normalized spacial score (nSPS) is 10.6. The zero-order chi connectivity index (χ0) is 23.6. The molecule has 3 aromatic rings. The fourth-order valence-electron chi connectivity index (χ4n) is 3.10. The number of benzene rings is 3. The number of hydrogen-bond donors (Lipinski definition) is 2. The van der Waals surface area contributed by atoms with Crippen LogP contribution in [0.5, 0.6) is 11.5 Å². The summed E-state index contributed by atoms with van der Waals surface area (Å²) in [5, 5.41) is 18.3. The van der Waals surface area contributed by atoms with Crippen LogP contribution >= 0.6 is 23.2 Å². The van der Waals surface area contributed by atoms with Crippen LogP contribution in [-0.4, -0.2) is 24.6 Å². The molecule has 0 aliphatic heterocycles. The van der Waals surface area contributed by atoms with Gasteiger partial charge in [0.1, 0.15) is 6.61 Å². The summed E-state index contributed by atoms with van der Waals surface area (Å²) in [7, 11) is 0. The molecule has 0 radical (unpaired) electrons. The van der Waals surface area contributed by atoms with Crippen molar-refractivity contribution in [2.45, 2.75) is 20.1 Å². The monoisotopic (exact) mass is 489 g/mol. The molecule has 3 rings (SSSR count). The highest BCUT2D eigenvalue weighted by atomic mass is 35.5. The molecule has 0 bridgehead atoms. The van der Waals surface area contributed by atoms with Crippen LogP contribution in [0.3, 0.4) is 0 Å². The zero-order valence-electron chi connectivity index (χ0n) is 18.1. The van der Waals surface area contributed by atoms with Crippen molar-refractivity contribution in [1.82, 2.24) is 5.32 Å². The molecule has 0 amide bonds. The third kappa shape index (κ3) is 7.25. The van der Waals surface area contributed by atoms with E-state index in [4.69, 9.17) is 32.7 Å². The number of rotatable bonds is 12. The molecule has 0 saturated carbocycles. The molecule has 0 aliphatic rings.